The zero-order valence-corrected chi connectivity index (χ0v) is 19.6. The van der Waals surface area contributed by atoms with E-state index in [0.717, 1.165) is 23.1 Å². The molecule has 1 aromatic heterocycles. The summed E-state index contributed by atoms with van der Waals surface area (Å²) in [4.78, 5) is 49.4. The Labute approximate surface area is 203 Å². The van der Waals surface area contributed by atoms with Crippen LogP contribution in [0.5, 0.6) is 0 Å². The molecule has 0 spiro atoms. The molecule has 1 heterocycles. The van der Waals surface area contributed by atoms with Gasteiger partial charge in [0.1, 0.15) is 0 Å². The van der Waals surface area contributed by atoms with Crippen molar-refractivity contribution in [2.45, 2.75) is 58.3 Å². The number of nitrogens with zero attached hydrogens (tertiary/aromatic N) is 1. The van der Waals surface area contributed by atoms with Crippen molar-refractivity contribution in [3.05, 3.63) is 64.5 Å². The first kappa shape index (κ1) is 27.5. The summed E-state index contributed by atoms with van der Waals surface area (Å²) < 4.78 is 0. The van der Waals surface area contributed by atoms with E-state index in [1.807, 2.05) is 43.3 Å². The van der Waals surface area contributed by atoms with E-state index in [2.05, 4.69) is 4.98 Å². The van der Waals surface area contributed by atoms with Gasteiger partial charge in [-0.3, -0.25) is 24.2 Å². The predicted octanol–water partition coefficient (Wildman–Crippen LogP) is 3.39. The molecule has 9 heteroatoms. The van der Waals surface area contributed by atoms with E-state index in [1.165, 1.54) is 0 Å². The van der Waals surface area contributed by atoms with Crippen molar-refractivity contribution in [2.75, 3.05) is 0 Å². The molecule has 0 atom stereocenters. The Morgan fingerprint density at radius 1 is 0.657 bits per heavy atom. The third-order valence-electron chi connectivity index (χ3n) is 5.66. The molecule has 0 radical (unpaired) electrons. The number of hydrogen-bond acceptors (Lipinski definition) is 5. The van der Waals surface area contributed by atoms with Crippen LogP contribution in [-0.2, 0) is 44.9 Å². The average molecular weight is 486 g/mol. The highest BCUT2D eigenvalue weighted by Gasteiger charge is 2.21. The summed E-state index contributed by atoms with van der Waals surface area (Å²) in [6, 6.07) is 11.7. The summed E-state index contributed by atoms with van der Waals surface area (Å²) in [6.07, 6.45) is 0.338. The molecule has 0 unspecified atom stereocenters. The van der Waals surface area contributed by atoms with Crippen LogP contribution in [-0.4, -0.2) is 49.3 Å². The quantitative estimate of drug-likeness (QED) is 0.296. The van der Waals surface area contributed by atoms with Crippen LogP contribution >= 0.6 is 0 Å². The lowest BCUT2D eigenvalue weighted by atomic mass is 9.92. The van der Waals surface area contributed by atoms with Crippen LogP contribution < -0.4 is 0 Å². The third-order valence-corrected chi connectivity index (χ3v) is 5.66. The number of hydrogen-bond donors (Lipinski definition) is 4. The number of rotatable bonds is 15. The number of carboxylic acid groups (broad SMARTS) is 4. The minimum atomic E-state index is -1.10. The molecule has 0 amide bonds. The Morgan fingerprint density at radius 3 is 1.40 bits per heavy atom. The normalized spacial score (nSPS) is 11.1. The highest BCUT2D eigenvalue weighted by atomic mass is 16.4. The summed E-state index contributed by atoms with van der Waals surface area (Å²) in [5, 5.41) is 36.7. The SMILES string of the molecule is Cc1ccc(CCc2cc(CC(CC(=O)O)CC(=O)O)nc(CC(CC(=O)O)CC(=O)O)c2)cc1. The first-order chi connectivity index (χ1) is 16.5. The fourth-order valence-electron chi connectivity index (χ4n) is 4.13. The number of aromatic nitrogens is 1. The standard InChI is InChI=1S/C26H31NO8/c1-16-2-4-17(5-3-16)6-7-18-8-21(10-19(12-23(28)29)13-24(30)31)27-22(9-18)11-20(14-25(32)33)15-26(34)35/h2-5,8-9,19-20H,6-7,10-15H2,1H3,(H,28,29)(H,30,31)(H,32,33)(H,34,35). The van der Waals surface area contributed by atoms with E-state index < -0.39 is 35.7 Å². The summed E-state index contributed by atoms with van der Waals surface area (Å²) in [6.45, 7) is 2.00. The van der Waals surface area contributed by atoms with Gasteiger partial charge in [-0.2, -0.15) is 0 Å². The molecule has 0 fully saturated rings. The first-order valence-corrected chi connectivity index (χ1v) is 11.4. The molecule has 188 valence electrons. The minimum Gasteiger partial charge on any atom is -0.481 e. The number of carbonyl (C=O) groups is 4. The topological polar surface area (TPSA) is 162 Å². The highest BCUT2D eigenvalue weighted by Crippen LogP contribution is 2.21. The molecule has 0 saturated carbocycles. The number of pyridine rings is 1. The number of carboxylic acids is 4. The summed E-state index contributed by atoms with van der Waals surface area (Å²) >= 11 is 0. The monoisotopic (exact) mass is 485 g/mol. The Kier molecular flexibility index (Phi) is 10.4. The summed E-state index contributed by atoms with van der Waals surface area (Å²) in [7, 11) is 0. The van der Waals surface area contributed by atoms with Crippen LogP contribution in [0.25, 0.3) is 0 Å². The lowest BCUT2D eigenvalue weighted by Crippen LogP contribution is -2.18. The molecule has 2 rings (SSSR count). The van der Waals surface area contributed by atoms with Gasteiger partial charge in [-0.25, -0.2) is 0 Å². The largest absolute Gasteiger partial charge is 0.481 e. The summed E-state index contributed by atoms with van der Waals surface area (Å²) in [5.74, 6) is -5.73. The Morgan fingerprint density at radius 2 is 1.03 bits per heavy atom. The maximum atomic E-state index is 11.2. The van der Waals surface area contributed by atoms with Crippen molar-refractivity contribution in [3.63, 3.8) is 0 Å². The van der Waals surface area contributed by atoms with Crippen molar-refractivity contribution < 1.29 is 39.6 Å². The van der Waals surface area contributed by atoms with Crippen LogP contribution in [0.4, 0.5) is 0 Å². The van der Waals surface area contributed by atoms with E-state index in [1.54, 1.807) is 0 Å². The van der Waals surface area contributed by atoms with Crippen molar-refractivity contribution in [1.82, 2.24) is 4.98 Å². The van der Waals surface area contributed by atoms with Gasteiger partial charge in [0.05, 0.1) is 0 Å². The molecular weight excluding hydrogens is 454 g/mol. The van der Waals surface area contributed by atoms with E-state index >= 15 is 0 Å². The molecule has 9 nitrogen and oxygen atoms in total. The number of aliphatic carboxylic acids is 4. The molecule has 0 aliphatic heterocycles. The van der Waals surface area contributed by atoms with Gasteiger partial charge < -0.3 is 20.4 Å². The lowest BCUT2D eigenvalue weighted by molar-refractivity contribution is -0.142. The second-order valence-corrected chi connectivity index (χ2v) is 8.98. The predicted molar refractivity (Wildman–Crippen MR) is 126 cm³/mol. The lowest BCUT2D eigenvalue weighted by Gasteiger charge is -2.17. The maximum absolute atomic E-state index is 11.2. The fraction of sp³-hybridized carbons (Fsp3) is 0.423. The van der Waals surface area contributed by atoms with E-state index in [0.29, 0.717) is 17.8 Å². The van der Waals surface area contributed by atoms with Crippen LogP contribution in [0.3, 0.4) is 0 Å². The van der Waals surface area contributed by atoms with Crippen LogP contribution in [0.15, 0.2) is 36.4 Å². The van der Waals surface area contributed by atoms with E-state index in [4.69, 9.17) is 0 Å². The van der Waals surface area contributed by atoms with Crippen LogP contribution in [0.2, 0.25) is 0 Å². The molecule has 0 saturated heterocycles. The average Bonchev–Trinajstić information content (AvgIpc) is 2.71. The van der Waals surface area contributed by atoms with Gasteiger partial charge in [-0.15, -0.1) is 0 Å². The minimum absolute atomic E-state index is 0.131. The molecule has 0 aliphatic carbocycles. The van der Waals surface area contributed by atoms with E-state index in [9.17, 15) is 39.6 Å². The van der Waals surface area contributed by atoms with E-state index in [-0.39, 0.29) is 38.5 Å². The Hall–Kier alpha value is -3.75. The highest BCUT2D eigenvalue weighted by molar-refractivity contribution is 5.71. The van der Waals surface area contributed by atoms with Gasteiger partial charge in [0.2, 0.25) is 0 Å². The van der Waals surface area contributed by atoms with Crippen molar-refractivity contribution in [1.29, 1.82) is 0 Å². The van der Waals surface area contributed by atoms with Gasteiger partial charge in [0.25, 0.3) is 0 Å². The summed E-state index contributed by atoms with van der Waals surface area (Å²) in [5.41, 5.74) is 4.18. The van der Waals surface area contributed by atoms with Gasteiger partial charge >= 0.3 is 23.9 Å². The molecule has 0 aliphatic rings. The maximum Gasteiger partial charge on any atom is 0.303 e. The molecule has 35 heavy (non-hydrogen) atoms. The second-order valence-electron chi connectivity index (χ2n) is 8.98. The van der Waals surface area contributed by atoms with Gasteiger partial charge in [0, 0.05) is 37.1 Å². The zero-order valence-electron chi connectivity index (χ0n) is 19.6. The molecule has 1 aromatic carbocycles. The molecule has 0 bridgehead atoms. The molecular formula is C26H31NO8. The fourth-order valence-corrected chi connectivity index (χ4v) is 4.13. The van der Waals surface area contributed by atoms with Crippen molar-refractivity contribution in [3.8, 4) is 0 Å². The Balaban J connectivity index is 2.32. The second kappa shape index (κ2) is 13.2. The number of aryl methyl sites for hydroxylation is 3. The van der Waals surface area contributed by atoms with Crippen molar-refractivity contribution in [2.24, 2.45) is 11.8 Å². The van der Waals surface area contributed by atoms with Gasteiger partial charge in [-0.05, 0) is 67.7 Å². The molecule has 4 N–H and O–H groups in total. The van der Waals surface area contributed by atoms with Crippen LogP contribution in [0, 0.1) is 18.8 Å². The smallest absolute Gasteiger partial charge is 0.303 e. The van der Waals surface area contributed by atoms with Gasteiger partial charge in [0.15, 0.2) is 0 Å². The Bertz CT molecular complexity index is 960. The van der Waals surface area contributed by atoms with Crippen molar-refractivity contribution >= 4 is 23.9 Å². The zero-order chi connectivity index (χ0) is 26.0. The third kappa shape index (κ3) is 10.8. The first-order valence-electron chi connectivity index (χ1n) is 11.4. The number of benzene rings is 1. The van der Waals surface area contributed by atoms with Gasteiger partial charge in [-0.1, -0.05) is 29.8 Å². The molecule has 2 aromatic rings. The van der Waals surface area contributed by atoms with Crippen LogP contribution in [0.1, 0.15) is 53.8 Å².